The lowest BCUT2D eigenvalue weighted by atomic mass is 10.1. The van der Waals surface area contributed by atoms with Gasteiger partial charge >= 0.3 is 0 Å². The number of benzene rings is 1. The number of likely N-dealkylation sites (N-methyl/N-ethyl adjacent to an activating group) is 1. The van der Waals surface area contributed by atoms with Gasteiger partial charge < -0.3 is 15.6 Å². The van der Waals surface area contributed by atoms with Gasteiger partial charge in [-0.25, -0.2) is 0 Å². The van der Waals surface area contributed by atoms with Crippen LogP contribution in [0.3, 0.4) is 0 Å². The molecule has 0 saturated heterocycles. The van der Waals surface area contributed by atoms with Crippen molar-refractivity contribution in [1.82, 2.24) is 4.90 Å². The molecule has 3 N–H and O–H groups in total. The zero-order valence-corrected chi connectivity index (χ0v) is 12.2. The highest BCUT2D eigenvalue weighted by atomic mass is 16.5. The second-order valence-corrected chi connectivity index (χ2v) is 4.85. The third kappa shape index (κ3) is 4.91. The maximum absolute atomic E-state index is 10.3. The Kier molecular flexibility index (Phi) is 7.02. The van der Waals surface area contributed by atoms with Crippen LogP contribution in [0.1, 0.15) is 31.1 Å². The fourth-order valence-corrected chi connectivity index (χ4v) is 2.17. The summed E-state index contributed by atoms with van der Waals surface area (Å²) in [7, 11) is 1.70. The van der Waals surface area contributed by atoms with Crippen LogP contribution >= 0.6 is 0 Å². The van der Waals surface area contributed by atoms with Crippen LogP contribution < -0.4 is 5.73 Å². The fourth-order valence-electron chi connectivity index (χ4n) is 2.17. The van der Waals surface area contributed by atoms with Crippen LogP contribution in [0.2, 0.25) is 0 Å². The first-order chi connectivity index (χ1) is 9.12. The molecular weight excluding hydrogens is 240 g/mol. The summed E-state index contributed by atoms with van der Waals surface area (Å²) < 4.78 is 5.17. The molecule has 2 unspecified atom stereocenters. The van der Waals surface area contributed by atoms with Crippen molar-refractivity contribution in [2.75, 3.05) is 26.8 Å². The molecular formula is C15H26N2O2. The van der Waals surface area contributed by atoms with Crippen LogP contribution in [0.5, 0.6) is 0 Å². The molecule has 1 aromatic carbocycles. The van der Waals surface area contributed by atoms with E-state index in [2.05, 4.69) is 18.7 Å². The molecule has 0 fully saturated rings. The van der Waals surface area contributed by atoms with E-state index in [-0.39, 0.29) is 0 Å². The Balaban J connectivity index is 2.62. The first-order valence-electron chi connectivity index (χ1n) is 6.82. The van der Waals surface area contributed by atoms with E-state index in [4.69, 9.17) is 10.5 Å². The standard InChI is InChI=1S/C15H26N2O2/c1-4-17(12(2)11-19-3)10-15(18)14-7-5-13(9-16)6-8-14/h5-8,12,15,18H,4,9-11,16H2,1-3H3. The molecule has 0 amide bonds. The van der Waals surface area contributed by atoms with Crippen LogP contribution in [-0.2, 0) is 11.3 Å². The van der Waals surface area contributed by atoms with Crippen molar-refractivity contribution in [2.24, 2.45) is 5.73 Å². The number of nitrogens with zero attached hydrogens (tertiary/aromatic N) is 1. The third-order valence-corrected chi connectivity index (χ3v) is 3.45. The van der Waals surface area contributed by atoms with Crippen LogP contribution in [-0.4, -0.2) is 42.9 Å². The SMILES string of the molecule is CCN(CC(O)c1ccc(CN)cc1)C(C)COC. The molecule has 1 aromatic rings. The average molecular weight is 266 g/mol. The van der Waals surface area contributed by atoms with E-state index < -0.39 is 6.10 Å². The molecule has 0 aliphatic heterocycles. The van der Waals surface area contributed by atoms with Gasteiger partial charge in [0.15, 0.2) is 0 Å². The van der Waals surface area contributed by atoms with Crippen molar-refractivity contribution in [2.45, 2.75) is 32.5 Å². The Morgan fingerprint density at radius 3 is 2.42 bits per heavy atom. The molecule has 0 spiro atoms. The van der Waals surface area contributed by atoms with E-state index >= 15 is 0 Å². The maximum atomic E-state index is 10.3. The number of aliphatic hydroxyl groups is 1. The number of rotatable bonds is 8. The normalized spacial score (nSPS) is 14.6. The second kappa shape index (κ2) is 8.27. The topological polar surface area (TPSA) is 58.7 Å². The van der Waals surface area contributed by atoms with Gasteiger partial charge in [0, 0.05) is 26.2 Å². The number of nitrogens with two attached hydrogens (primary N) is 1. The fraction of sp³-hybridized carbons (Fsp3) is 0.600. The number of methoxy groups -OCH3 is 1. The number of hydrogen-bond donors (Lipinski definition) is 2. The monoisotopic (exact) mass is 266 g/mol. The molecule has 0 saturated carbocycles. The minimum atomic E-state index is -0.480. The number of aliphatic hydroxyl groups excluding tert-OH is 1. The summed E-state index contributed by atoms with van der Waals surface area (Å²) in [4.78, 5) is 2.21. The molecule has 0 aliphatic carbocycles. The van der Waals surface area contributed by atoms with Crippen molar-refractivity contribution in [3.05, 3.63) is 35.4 Å². The van der Waals surface area contributed by atoms with Gasteiger partial charge in [-0.15, -0.1) is 0 Å². The van der Waals surface area contributed by atoms with Gasteiger partial charge in [0.2, 0.25) is 0 Å². The van der Waals surface area contributed by atoms with Gasteiger partial charge in [-0.2, -0.15) is 0 Å². The lowest BCUT2D eigenvalue weighted by Gasteiger charge is -2.29. The summed E-state index contributed by atoms with van der Waals surface area (Å²) in [6.45, 7) is 6.91. The Morgan fingerprint density at radius 2 is 1.95 bits per heavy atom. The quantitative estimate of drug-likeness (QED) is 0.749. The zero-order chi connectivity index (χ0) is 14.3. The largest absolute Gasteiger partial charge is 0.387 e. The van der Waals surface area contributed by atoms with Crippen LogP contribution in [0.15, 0.2) is 24.3 Å². The highest BCUT2D eigenvalue weighted by molar-refractivity contribution is 5.24. The first-order valence-corrected chi connectivity index (χ1v) is 6.82. The third-order valence-electron chi connectivity index (χ3n) is 3.45. The zero-order valence-electron chi connectivity index (χ0n) is 12.2. The van der Waals surface area contributed by atoms with Crippen molar-refractivity contribution in [3.8, 4) is 0 Å². The highest BCUT2D eigenvalue weighted by Crippen LogP contribution is 2.16. The maximum Gasteiger partial charge on any atom is 0.0917 e. The van der Waals surface area contributed by atoms with E-state index in [1.165, 1.54) is 0 Å². The summed E-state index contributed by atoms with van der Waals surface area (Å²) in [5, 5.41) is 10.3. The number of ether oxygens (including phenoxy) is 1. The molecule has 0 bridgehead atoms. The van der Waals surface area contributed by atoms with Crippen LogP contribution in [0, 0.1) is 0 Å². The minimum Gasteiger partial charge on any atom is -0.387 e. The van der Waals surface area contributed by atoms with Gasteiger partial charge in [-0.1, -0.05) is 31.2 Å². The van der Waals surface area contributed by atoms with Gasteiger partial charge in [-0.05, 0) is 24.6 Å². The van der Waals surface area contributed by atoms with E-state index in [0.717, 1.165) is 17.7 Å². The molecule has 19 heavy (non-hydrogen) atoms. The van der Waals surface area contributed by atoms with Crippen molar-refractivity contribution in [1.29, 1.82) is 0 Å². The lowest BCUT2D eigenvalue weighted by Crippen LogP contribution is -2.38. The summed E-state index contributed by atoms with van der Waals surface area (Å²) in [6.07, 6.45) is -0.480. The van der Waals surface area contributed by atoms with Crippen LogP contribution in [0.25, 0.3) is 0 Å². The molecule has 108 valence electrons. The minimum absolute atomic E-state index is 0.299. The molecule has 1 rings (SSSR count). The molecule has 0 heterocycles. The number of hydrogen-bond acceptors (Lipinski definition) is 4. The Bertz CT molecular complexity index is 354. The smallest absolute Gasteiger partial charge is 0.0917 e. The molecule has 0 aliphatic rings. The lowest BCUT2D eigenvalue weighted by molar-refractivity contribution is 0.0582. The summed E-state index contributed by atoms with van der Waals surface area (Å²) in [5.74, 6) is 0. The Labute approximate surface area is 116 Å². The Morgan fingerprint density at radius 1 is 1.32 bits per heavy atom. The van der Waals surface area contributed by atoms with Crippen molar-refractivity contribution >= 4 is 0 Å². The predicted molar refractivity (Wildman–Crippen MR) is 77.9 cm³/mol. The van der Waals surface area contributed by atoms with Gasteiger partial charge in [-0.3, -0.25) is 4.90 Å². The van der Waals surface area contributed by atoms with Gasteiger partial charge in [0.1, 0.15) is 0 Å². The van der Waals surface area contributed by atoms with E-state index in [9.17, 15) is 5.11 Å². The van der Waals surface area contributed by atoms with Gasteiger partial charge in [0.25, 0.3) is 0 Å². The second-order valence-electron chi connectivity index (χ2n) is 4.85. The van der Waals surface area contributed by atoms with E-state index in [0.29, 0.717) is 25.7 Å². The van der Waals surface area contributed by atoms with E-state index in [1.54, 1.807) is 7.11 Å². The summed E-state index contributed by atoms with van der Waals surface area (Å²) in [6, 6.07) is 8.12. The first kappa shape index (κ1) is 16.1. The predicted octanol–water partition coefficient (Wildman–Crippen LogP) is 1.54. The molecule has 4 heteroatoms. The summed E-state index contributed by atoms with van der Waals surface area (Å²) in [5.41, 5.74) is 7.58. The van der Waals surface area contributed by atoms with Crippen molar-refractivity contribution < 1.29 is 9.84 Å². The summed E-state index contributed by atoms with van der Waals surface area (Å²) >= 11 is 0. The highest BCUT2D eigenvalue weighted by Gasteiger charge is 2.17. The van der Waals surface area contributed by atoms with Crippen molar-refractivity contribution in [3.63, 3.8) is 0 Å². The molecule has 0 aromatic heterocycles. The molecule has 2 atom stereocenters. The molecule has 0 radical (unpaired) electrons. The van der Waals surface area contributed by atoms with E-state index in [1.807, 2.05) is 24.3 Å². The Hall–Kier alpha value is -0.940. The van der Waals surface area contributed by atoms with Gasteiger partial charge in [0.05, 0.1) is 12.7 Å². The average Bonchev–Trinajstić information content (AvgIpc) is 2.44. The van der Waals surface area contributed by atoms with Crippen LogP contribution in [0.4, 0.5) is 0 Å². The molecule has 4 nitrogen and oxygen atoms in total.